The van der Waals surface area contributed by atoms with E-state index >= 15 is 0 Å². The van der Waals surface area contributed by atoms with Crippen LogP contribution in [0.5, 0.6) is 11.5 Å². The van der Waals surface area contributed by atoms with Crippen LogP contribution >= 0.6 is 0 Å². The molecule has 5 nitrogen and oxygen atoms in total. The van der Waals surface area contributed by atoms with Gasteiger partial charge in [-0.25, -0.2) is 0 Å². The summed E-state index contributed by atoms with van der Waals surface area (Å²) < 4.78 is 2.30. The summed E-state index contributed by atoms with van der Waals surface area (Å²) in [6.45, 7) is 7.35. The standard InChI is InChI=1S/C23H31N3O2/c1-4-6-7-9-26-10-8-17-19(11-15(3)12-20(17)26)25-23(24)18-13-16(5-2)21(27)14-22(18)28/h8,10,12-15,27-28H,4-7,9,11H2,1-3H3,(H2,24,25). The zero-order chi connectivity index (χ0) is 20.3. The highest BCUT2D eigenvalue weighted by Crippen LogP contribution is 2.28. The number of hydrogen-bond donors (Lipinski definition) is 4. The van der Waals surface area contributed by atoms with Gasteiger partial charge in [0.2, 0.25) is 0 Å². The summed E-state index contributed by atoms with van der Waals surface area (Å²) in [5, 5.41) is 34.2. The third-order valence-electron chi connectivity index (χ3n) is 5.43. The number of rotatable bonds is 7. The van der Waals surface area contributed by atoms with Crippen LogP contribution in [-0.4, -0.2) is 20.6 Å². The summed E-state index contributed by atoms with van der Waals surface area (Å²) >= 11 is 0. The molecule has 0 aliphatic heterocycles. The van der Waals surface area contributed by atoms with Crippen LogP contribution in [0.3, 0.4) is 0 Å². The molecule has 1 unspecified atom stereocenters. The summed E-state index contributed by atoms with van der Waals surface area (Å²) in [4.78, 5) is 0. The lowest BCUT2D eigenvalue weighted by Crippen LogP contribution is -2.40. The number of unbranched alkanes of at least 4 members (excludes halogenated alkanes) is 2. The number of aromatic nitrogens is 1. The Bertz CT molecular complexity index is 988. The molecule has 4 N–H and O–H groups in total. The SMILES string of the molecule is CCCCCn1ccc2c1=CC(C)CC=2NC(=N)c1cc(CC)c(O)cc1O. The monoisotopic (exact) mass is 381 g/mol. The minimum absolute atomic E-state index is 0.0662. The molecule has 0 saturated carbocycles. The van der Waals surface area contributed by atoms with Crippen molar-refractivity contribution in [3.63, 3.8) is 0 Å². The molecular formula is C23H31N3O2. The number of phenols is 2. The molecule has 0 bridgehead atoms. The van der Waals surface area contributed by atoms with E-state index in [0.29, 0.717) is 17.9 Å². The van der Waals surface area contributed by atoms with Crippen LogP contribution in [0.15, 0.2) is 24.4 Å². The molecule has 1 aromatic heterocycles. The summed E-state index contributed by atoms with van der Waals surface area (Å²) in [5.74, 6) is 0.514. The first-order chi connectivity index (χ1) is 13.4. The number of benzene rings is 1. The third-order valence-corrected chi connectivity index (χ3v) is 5.43. The lowest BCUT2D eigenvalue weighted by Gasteiger charge is -2.19. The Labute approximate surface area is 166 Å². The average molecular weight is 382 g/mol. The maximum absolute atomic E-state index is 10.2. The summed E-state index contributed by atoms with van der Waals surface area (Å²) in [6.07, 6.45) is 9.50. The van der Waals surface area contributed by atoms with E-state index < -0.39 is 0 Å². The predicted octanol–water partition coefficient (Wildman–Crippen LogP) is 3.20. The highest BCUT2D eigenvalue weighted by molar-refractivity contribution is 6.02. The van der Waals surface area contributed by atoms with E-state index in [9.17, 15) is 10.2 Å². The molecule has 150 valence electrons. The van der Waals surface area contributed by atoms with Crippen LogP contribution in [0, 0.1) is 11.3 Å². The second-order valence-electron chi connectivity index (χ2n) is 7.69. The van der Waals surface area contributed by atoms with Crippen molar-refractivity contribution in [3.8, 4) is 11.5 Å². The number of phenolic OH excluding ortho intramolecular Hbond substituents is 2. The summed E-state index contributed by atoms with van der Waals surface area (Å²) in [6, 6.07) is 5.13. The fraction of sp³-hybridized carbons (Fsp3) is 0.435. The van der Waals surface area contributed by atoms with Gasteiger partial charge in [0.25, 0.3) is 0 Å². The van der Waals surface area contributed by atoms with Gasteiger partial charge in [0.15, 0.2) is 0 Å². The smallest absolute Gasteiger partial charge is 0.133 e. The van der Waals surface area contributed by atoms with E-state index in [0.717, 1.165) is 29.4 Å². The minimum atomic E-state index is -0.0828. The molecule has 5 heteroatoms. The number of aryl methyl sites for hydroxylation is 2. The lowest BCUT2D eigenvalue weighted by atomic mass is 9.98. The van der Waals surface area contributed by atoms with Gasteiger partial charge in [-0.05, 0) is 42.9 Å². The topological polar surface area (TPSA) is 81.3 Å². The van der Waals surface area contributed by atoms with Gasteiger partial charge in [-0.15, -0.1) is 0 Å². The third kappa shape index (κ3) is 4.08. The van der Waals surface area contributed by atoms with Crippen LogP contribution in [0.25, 0.3) is 11.8 Å². The van der Waals surface area contributed by atoms with Gasteiger partial charge in [-0.2, -0.15) is 0 Å². The average Bonchev–Trinajstić information content (AvgIpc) is 3.05. The Kier molecular flexibility index (Phi) is 6.12. The van der Waals surface area contributed by atoms with Crippen molar-refractivity contribution in [1.29, 1.82) is 5.41 Å². The Morgan fingerprint density at radius 3 is 2.71 bits per heavy atom. The summed E-state index contributed by atoms with van der Waals surface area (Å²) in [5.41, 5.74) is 2.14. The first-order valence-electron chi connectivity index (χ1n) is 10.3. The first-order valence-corrected chi connectivity index (χ1v) is 10.3. The molecule has 0 fully saturated rings. The van der Waals surface area contributed by atoms with Crippen LogP contribution in [0.4, 0.5) is 0 Å². The van der Waals surface area contributed by atoms with Gasteiger partial charge in [0.1, 0.15) is 17.3 Å². The minimum Gasteiger partial charge on any atom is -0.508 e. The van der Waals surface area contributed by atoms with Crippen molar-refractivity contribution in [3.05, 3.63) is 46.1 Å². The predicted molar refractivity (Wildman–Crippen MR) is 114 cm³/mol. The van der Waals surface area contributed by atoms with E-state index in [1.807, 2.05) is 6.92 Å². The molecule has 1 aromatic carbocycles. The highest BCUT2D eigenvalue weighted by Gasteiger charge is 2.17. The molecule has 28 heavy (non-hydrogen) atoms. The molecule has 0 spiro atoms. The fourth-order valence-electron chi connectivity index (χ4n) is 3.86. The molecule has 2 aromatic rings. The second-order valence-corrected chi connectivity index (χ2v) is 7.69. The Hall–Kier alpha value is -2.69. The Morgan fingerprint density at radius 1 is 1.21 bits per heavy atom. The maximum Gasteiger partial charge on any atom is 0.133 e. The number of nitrogens with one attached hydrogen (secondary N) is 2. The molecule has 0 amide bonds. The van der Waals surface area contributed by atoms with Crippen molar-refractivity contribution >= 4 is 17.6 Å². The lowest BCUT2D eigenvalue weighted by molar-refractivity contribution is 0.445. The van der Waals surface area contributed by atoms with Crippen molar-refractivity contribution in [2.45, 2.75) is 59.4 Å². The number of hydrogen-bond acceptors (Lipinski definition) is 3. The van der Waals surface area contributed by atoms with Crippen molar-refractivity contribution in [2.75, 3.05) is 0 Å². The highest BCUT2D eigenvalue weighted by atomic mass is 16.3. The number of fused-ring (bicyclic) bond motifs is 1. The number of aromatic hydroxyl groups is 2. The summed E-state index contributed by atoms with van der Waals surface area (Å²) in [7, 11) is 0. The van der Waals surface area contributed by atoms with E-state index in [-0.39, 0.29) is 17.3 Å². The van der Waals surface area contributed by atoms with E-state index in [4.69, 9.17) is 5.41 Å². The van der Waals surface area contributed by atoms with Crippen LogP contribution in [-0.2, 0) is 13.0 Å². The zero-order valence-electron chi connectivity index (χ0n) is 17.0. The van der Waals surface area contributed by atoms with Crippen molar-refractivity contribution < 1.29 is 10.2 Å². The van der Waals surface area contributed by atoms with E-state index in [1.54, 1.807) is 6.07 Å². The Morgan fingerprint density at radius 2 is 2.00 bits per heavy atom. The van der Waals surface area contributed by atoms with E-state index in [1.165, 1.54) is 30.7 Å². The van der Waals surface area contributed by atoms with Gasteiger partial charge in [0.05, 0.1) is 5.56 Å². The van der Waals surface area contributed by atoms with Gasteiger partial charge < -0.3 is 20.1 Å². The molecule has 0 radical (unpaired) electrons. The van der Waals surface area contributed by atoms with Crippen LogP contribution < -0.4 is 15.9 Å². The van der Waals surface area contributed by atoms with Crippen molar-refractivity contribution in [1.82, 2.24) is 9.88 Å². The normalized spacial score (nSPS) is 15.8. The van der Waals surface area contributed by atoms with Gasteiger partial charge in [-0.1, -0.05) is 39.7 Å². The maximum atomic E-state index is 10.2. The number of amidine groups is 1. The number of nitrogens with zero attached hydrogens (tertiary/aromatic N) is 1. The quantitative estimate of drug-likeness (QED) is 0.338. The van der Waals surface area contributed by atoms with E-state index in [2.05, 4.69) is 42.1 Å². The molecular weight excluding hydrogens is 350 g/mol. The van der Waals surface area contributed by atoms with Crippen LogP contribution in [0.1, 0.15) is 57.6 Å². The molecule has 1 atom stereocenters. The van der Waals surface area contributed by atoms with Crippen molar-refractivity contribution in [2.24, 2.45) is 5.92 Å². The van der Waals surface area contributed by atoms with Gasteiger partial charge in [0, 0.05) is 35.1 Å². The molecule has 1 aliphatic carbocycles. The molecule has 1 heterocycles. The first kappa shape index (κ1) is 20.1. The molecule has 0 saturated heterocycles. The molecule has 1 aliphatic rings. The van der Waals surface area contributed by atoms with Gasteiger partial charge in [-0.3, -0.25) is 5.41 Å². The second kappa shape index (κ2) is 8.55. The Balaban J connectivity index is 1.93. The van der Waals surface area contributed by atoms with Crippen LogP contribution in [0.2, 0.25) is 0 Å². The zero-order valence-corrected chi connectivity index (χ0v) is 17.0. The largest absolute Gasteiger partial charge is 0.508 e. The fourth-order valence-corrected chi connectivity index (χ4v) is 3.86. The van der Waals surface area contributed by atoms with Gasteiger partial charge >= 0.3 is 0 Å². The molecule has 3 rings (SSSR count).